The first-order chi connectivity index (χ1) is 14.2. The van der Waals surface area contributed by atoms with E-state index in [9.17, 15) is 4.79 Å². The number of hydrogen-bond donors (Lipinski definition) is 1. The minimum Gasteiger partial charge on any atom is -0.497 e. The highest BCUT2D eigenvalue weighted by Crippen LogP contribution is 2.36. The number of methoxy groups -OCH3 is 1. The molecule has 5 rings (SSSR count). The Labute approximate surface area is 169 Å². The Morgan fingerprint density at radius 1 is 1.07 bits per heavy atom. The van der Waals surface area contributed by atoms with Gasteiger partial charge in [-0.3, -0.25) is 10.1 Å². The Kier molecular flexibility index (Phi) is 4.25. The molecule has 3 heterocycles. The molecule has 2 aromatic heterocycles. The molecule has 0 radical (unpaired) electrons. The molecule has 0 fully saturated rings. The Morgan fingerprint density at radius 3 is 2.86 bits per heavy atom. The second-order valence-electron chi connectivity index (χ2n) is 6.32. The molecule has 4 aromatic rings. The maximum Gasteiger partial charge on any atom is 0.276 e. The molecule has 0 saturated carbocycles. The van der Waals surface area contributed by atoms with Gasteiger partial charge in [0.25, 0.3) is 5.91 Å². The molecule has 0 aliphatic carbocycles. The van der Waals surface area contributed by atoms with Crippen LogP contribution in [0.5, 0.6) is 17.2 Å². The van der Waals surface area contributed by atoms with Gasteiger partial charge < -0.3 is 14.2 Å². The van der Waals surface area contributed by atoms with Gasteiger partial charge in [0.2, 0.25) is 6.79 Å². The van der Waals surface area contributed by atoms with Gasteiger partial charge in [0.15, 0.2) is 16.6 Å². The molecule has 1 aliphatic rings. The summed E-state index contributed by atoms with van der Waals surface area (Å²) in [5.74, 6) is 1.85. The number of nitrogens with one attached hydrogen (secondary N) is 1. The van der Waals surface area contributed by atoms with Crippen molar-refractivity contribution in [2.75, 3.05) is 19.2 Å². The summed E-state index contributed by atoms with van der Waals surface area (Å²) < 4.78 is 15.9. The summed E-state index contributed by atoms with van der Waals surface area (Å²) in [4.78, 5) is 21.5. The minimum atomic E-state index is -0.311. The van der Waals surface area contributed by atoms with Crippen molar-refractivity contribution in [1.82, 2.24) is 9.97 Å². The fraction of sp³-hybridized carbons (Fsp3) is 0.0952. The first-order valence-electron chi connectivity index (χ1n) is 8.81. The zero-order valence-corrected chi connectivity index (χ0v) is 16.2. The summed E-state index contributed by atoms with van der Waals surface area (Å²) in [7, 11) is 1.61. The van der Waals surface area contributed by atoms with Crippen molar-refractivity contribution >= 4 is 33.3 Å². The number of carbonyl (C=O) groups is 1. The zero-order valence-electron chi connectivity index (χ0n) is 15.3. The van der Waals surface area contributed by atoms with E-state index in [0.717, 1.165) is 33.7 Å². The van der Waals surface area contributed by atoms with Gasteiger partial charge in [-0.15, -0.1) is 11.3 Å². The van der Waals surface area contributed by atoms with Crippen molar-refractivity contribution in [3.8, 4) is 28.5 Å². The molecule has 0 spiro atoms. The van der Waals surface area contributed by atoms with E-state index in [0.29, 0.717) is 16.6 Å². The molecule has 0 bridgehead atoms. The zero-order chi connectivity index (χ0) is 19.8. The van der Waals surface area contributed by atoms with E-state index < -0.39 is 0 Å². The number of nitrogens with zero attached hydrogens (tertiary/aromatic N) is 2. The van der Waals surface area contributed by atoms with Gasteiger partial charge in [-0.05, 0) is 42.5 Å². The monoisotopic (exact) mass is 405 g/mol. The first-order valence-corrected chi connectivity index (χ1v) is 9.69. The van der Waals surface area contributed by atoms with Crippen molar-refractivity contribution in [3.05, 3.63) is 59.6 Å². The number of hydrogen-bond acceptors (Lipinski definition) is 7. The number of thiazole rings is 1. The summed E-state index contributed by atoms with van der Waals surface area (Å²) >= 11 is 1.35. The van der Waals surface area contributed by atoms with E-state index in [1.165, 1.54) is 11.3 Å². The lowest BCUT2D eigenvalue weighted by molar-refractivity contribution is 0.102. The van der Waals surface area contributed by atoms with Crippen molar-refractivity contribution in [3.63, 3.8) is 0 Å². The molecule has 1 amide bonds. The molecule has 7 nitrogen and oxygen atoms in total. The van der Waals surface area contributed by atoms with Crippen molar-refractivity contribution in [2.24, 2.45) is 0 Å². The van der Waals surface area contributed by atoms with E-state index in [1.807, 2.05) is 47.8 Å². The molecular formula is C21H15N3O4S. The van der Waals surface area contributed by atoms with Crippen LogP contribution in [-0.4, -0.2) is 29.8 Å². The number of benzene rings is 2. The number of fused-ring (bicyclic) bond motifs is 2. The first kappa shape index (κ1) is 17.4. The fourth-order valence-corrected chi connectivity index (χ4v) is 3.75. The van der Waals surface area contributed by atoms with Crippen LogP contribution in [0.1, 0.15) is 10.5 Å². The van der Waals surface area contributed by atoms with E-state index in [-0.39, 0.29) is 12.7 Å². The van der Waals surface area contributed by atoms with Crippen LogP contribution >= 0.6 is 11.3 Å². The van der Waals surface area contributed by atoms with Crippen LogP contribution in [0.4, 0.5) is 5.13 Å². The standard InChI is InChI=1S/C21H15N3O4S/c1-26-14-4-6-15-12(8-14)2-5-16(22-15)20(25)24-21-23-17(10-29-21)13-3-7-18-19(9-13)28-11-27-18/h2-10H,11H2,1H3,(H,23,24,25). The molecule has 8 heteroatoms. The van der Waals surface area contributed by atoms with Crippen LogP contribution in [0, 0.1) is 0 Å². The molecule has 0 saturated heterocycles. The second-order valence-corrected chi connectivity index (χ2v) is 7.17. The third-order valence-corrected chi connectivity index (χ3v) is 5.28. The third kappa shape index (κ3) is 3.34. The van der Waals surface area contributed by atoms with Crippen molar-refractivity contribution in [2.45, 2.75) is 0 Å². The van der Waals surface area contributed by atoms with E-state index >= 15 is 0 Å². The molecule has 1 N–H and O–H groups in total. The molecule has 1 aliphatic heterocycles. The van der Waals surface area contributed by atoms with Crippen LogP contribution in [0.15, 0.2) is 53.9 Å². The Bertz CT molecular complexity index is 1240. The van der Waals surface area contributed by atoms with Crippen LogP contribution < -0.4 is 19.5 Å². The summed E-state index contributed by atoms with van der Waals surface area (Å²) in [6.45, 7) is 0.225. The SMILES string of the molecule is COc1ccc2nc(C(=O)Nc3nc(-c4ccc5c(c4)OCO5)cs3)ccc2c1. The lowest BCUT2D eigenvalue weighted by atomic mass is 10.1. The van der Waals surface area contributed by atoms with Crippen LogP contribution in [0.3, 0.4) is 0 Å². The van der Waals surface area contributed by atoms with Gasteiger partial charge in [-0.1, -0.05) is 6.07 Å². The Hall–Kier alpha value is -3.65. The molecular weight excluding hydrogens is 390 g/mol. The number of pyridine rings is 1. The number of rotatable bonds is 4. The lowest BCUT2D eigenvalue weighted by Gasteiger charge is -2.05. The predicted molar refractivity (Wildman–Crippen MR) is 110 cm³/mol. The van der Waals surface area contributed by atoms with Gasteiger partial charge in [0.1, 0.15) is 11.4 Å². The quantitative estimate of drug-likeness (QED) is 0.544. The molecule has 144 valence electrons. The number of anilines is 1. The number of aromatic nitrogens is 2. The van der Waals surface area contributed by atoms with Gasteiger partial charge in [0.05, 0.1) is 18.3 Å². The van der Waals surface area contributed by atoms with E-state index in [1.54, 1.807) is 13.2 Å². The van der Waals surface area contributed by atoms with Gasteiger partial charge in [-0.25, -0.2) is 9.97 Å². The topological polar surface area (TPSA) is 82.6 Å². The average Bonchev–Trinajstić information content (AvgIpc) is 3.41. The van der Waals surface area contributed by atoms with E-state index in [4.69, 9.17) is 14.2 Å². The van der Waals surface area contributed by atoms with Crippen LogP contribution in [0.25, 0.3) is 22.2 Å². The Morgan fingerprint density at radius 2 is 1.97 bits per heavy atom. The van der Waals surface area contributed by atoms with Gasteiger partial charge in [-0.2, -0.15) is 0 Å². The number of amides is 1. The predicted octanol–water partition coefficient (Wildman–Crippen LogP) is 4.35. The smallest absolute Gasteiger partial charge is 0.276 e. The highest BCUT2D eigenvalue weighted by Gasteiger charge is 2.16. The molecule has 0 unspecified atom stereocenters. The van der Waals surface area contributed by atoms with Crippen molar-refractivity contribution in [1.29, 1.82) is 0 Å². The van der Waals surface area contributed by atoms with Crippen LogP contribution in [0.2, 0.25) is 0 Å². The minimum absolute atomic E-state index is 0.225. The maximum absolute atomic E-state index is 12.6. The lowest BCUT2D eigenvalue weighted by Crippen LogP contribution is -2.13. The normalized spacial score (nSPS) is 12.2. The Balaban J connectivity index is 1.35. The van der Waals surface area contributed by atoms with E-state index in [2.05, 4.69) is 15.3 Å². The summed E-state index contributed by atoms with van der Waals surface area (Å²) in [6, 6.07) is 14.7. The fourth-order valence-electron chi connectivity index (χ4n) is 3.04. The average molecular weight is 405 g/mol. The molecule has 2 aromatic carbocycles. The van der Waals surface area contributed by atoms with Gasteiger partial charge >= 0.3 is 0 Å². The largest absolute Gasteiger partial charge is 0.497 e. The highest BCUT2D eigenvalue weighted by molar-refractivity contribution is 7.14. The number of ether oxygens (including phenoxy) is 3. The van der Waals surface area contributed by atoms with Crippen molar-refractivity contribution < 1.29 is 19.0 Å². The maximum atomic E-state index is 12.6. The number of carbonyl (C=O) groups excluding carboxylic acids is 1. The van der Waals surface area contributed by atoms with Gasteiger partial charge in [0, 0.05) is 16.3 Å². The second kappa shape index (κ2) is 7.06. The summed E-state index contributed by atoms with van der Waals surface area (Å²) in [5.41, 5.74) is 2.69. The third-order valence-electron chi connectivity index (χ3n) is 4.52. The summed E-state index contributed by atoms with van der Waals surface area (Å²) in [5, 5.41) is 6.10. The van der Waals surface area contributed by atoms with Crippen LogP contribution in [-0.2, 0) is 0 Å². The summed E-state index contributed by atoms with van der Waals surface area (Å²) in [6.07, 6.45) is 0. The molecule has 29 heavy (non-hydrogen) atoms. The molecule has 0 atom stereocenters. The highest BCUT2D eigenvalue weighted by atomic mass is 32.1.